The van der Waals surface area contributed by atoms with E-state index in [1.807, 2.05) is 10.7 Å². The molecule has 0 radical (unpaired) electrons. The first-order chi connectivity index (χ1) is 13.7. The molecule has 0 saturated carbocycles. The zero-order chi connectivity index (χ0) is 20.8. The average Bonchev–Trinajstić information content (AvgIpc) is 3.24. The molecule has 1 N–H and O–H groups in total. The second-order valence-electron chi connectivity index (χ2n) is 8.37. The number of benzene rings is 1. The minimum absolute atomic E-state index is 0.000944. The molecule has 1 amide bonds. The third kappa shape index (κ3) is 4.23. The first kappa shape index (κ1) is 20.1. The van der Waals surface area contributed by atoms with Gasteiger partial charge in [-0.25, -0.2) is 13.9 Å². The van der Waals surface area contributed by atoms with E-state index in [1.54, 1.807) is 11.3 Å². The second kappa shape index (κ2) is 7.57. The molecule has 9 heteroatoms. The number of nitrogens with zero attached hydrogens (tertiary/aromatic N) is 4. The Hall–Kier alpha value is -2.19. The molecular weight excluding hydrogens is 413 g/mol. The largest absolute Gasteiger partial charge is 0.347 e. The summed E-state index contributed by atoms with van der Waals surface area (Å²) in [5, 5.41) is 8.44. The van der Waals surface area contributed by atoms with E-state index in [9.17, 15) is 9.18 Å². The van der Waals surface area contributed by atoms with Crippen molar-refractivity contribution in [2.24, 2.45) is 5.92 Å². The van der Waals surface area contributed by atoms with Crippen LogP contribution < -0.4 is 10.2 Å². The minimum Gasteiger partial charge on any atom is -0.347 e. The van der Waals surface area contributed by atoms with E-state index >= 15 is 0 Å². The molecule has 154 valence electrons. The molecule has 1 fully saturated rings. The lowest BCUT2D eigenvalue weighted by Crippen LogP contribution is -2.38. The molecule has 0 aliphatic carbocycles. The zero-order valence-corrected chi connectivity index (χ0v) is 18.1. The van der Waals surface area contributed by atoms with Crippen molar-refractivity contribution in [2.45, 2.75) is 39.0 Å². The van der Waals surface area contributed by atoms with Crippen LogP contribution in [0.25, 0.3) is 4.96 Å². The Bertz CT molecular complexity index is 1020. The number of amides is 1. The van der Waals surface area contributed by atoms with Gasteiger partial charge >= 0.3 is 0 Å². The number of halogens is 2. The van der Waals surface area contributed by atoms with E-state index in [0.29, 0.717) is 5.69 Å². The summed E-state index contributed by atoms with van der Waals surface area (Å²) in [6.45, 7) is 7.91. The van der Waals surface area contributed by atoms with Gasteiger partial charge < -0.3 is 10.2 Å². The van der Waals surface area contributed by atoms with Gasteiger partial charge in [0.1, 0.15) is 5.82 Å². The van der Waals surface area contributed by atoms with Gasteiger partial charge in [0.25, 0.3) is 0 Å². The monoisotopic (exact) mass is 435 g/mol. The first-order valence-electron chi connectivity index (χ1n) is 9.58. The molecule has 6 nitrogen and oxygen atoms in total. The van der Waals surface area contributed by atoms with Crippen LogP contribution in [0.3, 0.4) is 0 Å². The fraction of sp³-hybridized carbons (Fsp3) is 0.450. The van der Waals surface area contributed by atoms with Crippen LogP contribution in [0.5, 0.6) is 0 Å². The fourth-order valence-corrected chi connectivity index (χ4v) is 4.45. The Morgan fingerprint density at radius 1 is 1.31 bits per heavy atom. The average molecular weight is 436 g/mol. The Morgan fingerprint density at radius 3 is 2.66 bits per heavy atom. The minimum atomic E-state index is -0.498. The number of fused-ring (bicyclic) bond motifs is 1. The molecule has 1 saturated heterocycles. The first-order valence-corrected chi connectivity index (χ1v) is 10.8. The van der Waals surface area contributed by atoms with Gasteiger partial charge in [-0.2, -0.15) is 0 Å². The third-order valence-corrected chi connectivity index (χ3v) is 6.40. The molecule has 3 aromatic rings. The van der Waals surface area contributed by atoms with Crippen molar-refractivity contribution in [3.63, 3.8) is 0 Å². The van der Waals surface area contributed by atoms with Crippen molar-refractivity contribution < 1.29 is 9.18 Å². The van der Waals surface area contributed by atoms with Crippen LogP contribution in [0.2, 0.25) is 5.02 Å². The lowest BCUT2D eigenvalue weighted by atomic mass is 9.93. The lowest BCUT2D eigenvalue weighted by molar-refractivity contribution is -0.120. The predicted octanol–water partition coefficient (Wildman–Crippen LogP) is 4.74. The topological polar surface area (TPSA) is 62.5 Å². The number of rotatable bonds is 3. The summed E-state index contributed by atoms with van der Waals surface area (Å²) < 4.78 is 15.1. The molecular formula is C20H23ClFN5OS. The zero-order valence-electron chi connectivity index (χ0n) is 16.6. The van der Waals surface area contributed by atoms with Crippen LogP contribution in [-0.2, 0) is 10.2 Å². The van der Waals surface area contributed by atoms with Crippen LogP contribution in [0, 0.1) is 11.7 Å². The van der Waals surface area contributed by atoms with Crippen molar-refractivity contribution >= 4 is 44.6 Å². The fourth-order valence-electron chi connectivity index (χ4n) is 3.33. The van der Waals surface area contributed by atoms with Gasteiger partial charge in [-0.1, -0.05) is 43.7 Å². The van der Waals surface area contributed by atoms with Gasteiger partial charge in [-0.3, -0.25) is 4.79 Å². The van der Waals surface area contributed by atoms with Gasteiger partial charge in [0.15, 0.2) is 0 Å². The summed E-state index contributed by atoms with van der Waals surface area (Å²) in [6, 6.07) is 4.21. The molecule has 29 heavy (non-hydrogen) atoms. The second-order valence-corrected chi connectivity index (χ2v) is 9.71. The highest BCUT2D eigenvalue weighted by molar-refractivity contribution is 7.20. The maximum absolute atomic E-state index is 13.3. The van der Waals surface area contributed by atoms with Crippen molar-refractivity contribution in [1.82, 2.24) is 14.6 Å². The molecule has 1 aromatic carbocycles. The van der Waals surface area contributed by atoms with Crippen molar-refractivity contribution in [3.8, 4) is 0 Å². The van der Waals surface area contributed by atoms with Gasteiger partial charge in [0.2, 0.25) is 16.0 Å². The summed E-state index contributed by atoms with van der Waals surface area (Å²) in [7, 11) is 0. The number of anilines is 2. The van der Waals surface area contributed by atoms with Crippen LogP contribution >= 0.6 is 22.9 Å². The molecule has 0 bridgehead atoms. The molecule has 0 spiro atoms. The SMILES string of the molecule is CC(C)(C)c1cn2nc(N3CCC(C(=O)Nc4ccc(F)c(Cl)c4)CC3)sc2n1. The Labute approximate surface area is 177 Å². The highest BCUT2D eigenvalue weighted by Gasteiger charge is 2.27. The Morgan fingerprint density at radius 2 is 2.03 bits per heavy atom. The van der Waals surface area contributed by atoms with E-state index in [-0.39, 0.29) is 22.3 Å². The summed E-state index contributed by atoms with van der Waals surface area (Å²) in [5.41, 5.74) is 1.53. The van der Waals surface area contributed by atoms with Crippen molar-refractivity contribution in [2.75, 3.05) is 23.3 Å². The molecule has 0 unspecified atom stereocenters. The van der Waals surface area contributed by atoms with Crippen molar-refractivity contribution in [1.29, 1.82) is 0 Å². The molecule has 2 aromatic heterocycles. The molecule has 0 atom stereocenters. The van der Waals surface area contributed by atoms with E-state index in [0.717, 1.165) is 41.7 Å². The van der Waals surface area contributed by atoms with Gasteiger partial charge in [0, 0.05) is 30.1 Å². The van der Waals surface area contributed by atoms with E-state index in [1.165, 1.54) is 18.2 Å². The molecule has 1 aliphatic rings. The summed E-state index contributed by atoms with van der Waals surface area (Å²) in [5.74, 6) is -0.648. The lowest BCUT2D eigenvalue weighted by Gasteiger charge is -2.30. The van der Waals surface area contributed by atoms with Gasteiger partial charge in [-0.05, 0) is 31.0 Å². The van der Waals surface area contributed by atoms with Crippen LogP contribution in [-0.4, -0.2) is 33.6 Å². The number of carbonyl (C=O) groups excluding carboxylic acids is 1. The van der Waals surface area contributed by atoms with E-state index in [4.69, 9.17) is 16.6 Å². The van der Waals surface area contributed by atoms with Crippen LogP contribution in [0.4, 0.5) is 15.2 Å². The number of imidazole rings is 1. The maximum atomic E-state index is 13.3. The van der Waals surface area contributed by atoms with Crippen LogP contribution in [0.15, 0.2) is 24.4 Å². The van der Waals surface area contributed by atoms with Gasteiger partial charge in [-0.15, -0.1) is 5.10 Å². The number of carbonyl (C=O) groups is 1. The normalized spacial score (nSPS) is 15.8. The molecule has 3 heterocycles. The quantitative estimate of drug-likeness (QED) is 0.645. The van der Waals surface area contributed by atoms with Crippen LogP contribution in [0.1, 0.15) is 39.3 Å². The summed E-state index contributed by atoms with van der Waals surface area (Å²) in [4.78, 5) is 20.3. The molecule has 1 aliphatic heterocycles. The highest BCUT2D eigenvalue weighted by Crippen LogP contribution is 2.30. The maximum Gasteiger partial charge on any atom is 0.227 e. The smallest absolute Gasteiger partial charge is 0.227 e. The highest BCUT2D eigenvalue weighted by atomic mass is 35.5. The standard InChI is InChI=1S/C20H23ClFN5OS/c1-20(2,3)16-11-27-18(24-16)29-19(25-27)26-8-6-12(7-9-26)17(28)23-13-4-5-15(22)14(21)10-13/h4-5,10-12H,6-9H2,1-3H3,(H,23,28). The van der Waals surface area contributed by atoms with E-state index < -0.39 is 5.82 Å². The Balaban J connectivity index is 1.37. The summed E-state index contributed by atoms with van der Waals surface area (Å²) in [6.07, 6.45) is 3.45. The Kier molecular flexibility index (Phi) is 5.25. The number of aromatic nitrogens is 3. The number of nitrogens with one attached hydrogen (secondary N) is 1. The summed E-state index contributed by atoms with van der Waals surface area (Å²) >= 11 is 7.35. The molecule has 4 rings (SSSR count). The predicted molar refractivity (Wildman–Crippen MR) is 115 cm³/mol. The third-order valence-electron chi connectivity index (χ3n) is 5.12. The van der Waals surface area contributed by atoms with Crippen molar-refractivity contribution in [3.05, 3.63) is 40.9 Å². The number of hydrogen-bond acceptors (Lipinski definition) is 5. The van der Waals surface area contributed by atoms with E-state index in [2.05, 4.69) is 36.1 Å². The number of hydrogen-bond donors (Lipinski definition) is 1. The van der Waals surface area contributed by atoms with Gasteiger partial charge in [0.05, 0.1) is 16.9 Å². The number of piperidine rings is 1.